The normalized spacial score (nSPS) is 11.0. The molecular formula is C25H19BrN2O5. The van der Waals surface area contributed by atoms with Crippen LogP contribution < -0.4 is 14.9 Å². The van der Waals surface area contributed by atoms with Crippen LogP contribution in [-0.2, 0) is 11.2 Å². The van der Waals surface area contributed by atoms with Crippen LogP contribution in [0, 0.1) is 0 Å². The van der Waals surface area contributed by atoms with E-state index in [-0.39, 0.29) is 23.8 Å². The smallest absolute Gasteiger partial charge is 0.379 e. The molecule has 0 unspecified atom stereocenters. The minimum absolute atomic E-state index is 0.0870. The maximum atomic E-state index is 12.4. The van der Waals surface area contributed by atoms with Crippen LogP contribution in [0.2, 0.25) is 0 Å². The van der Waals surface area contributed by atoms with Crippen molar-refractivity contribution in [3.8, 4) is 11.5 Å². The van der Waals surface area contributed by atoms with Crippen molar-refractivity contribution in [1.29, 1.82) is 0 Å². The highest BCUT2D eigenvalue weighted by Crippen LogP contribution is 2.29. The highest BCUT2D eigenvalue weighted by molar-refractivity contribution is 9.10. The molecule has 1 N–H and O–H groups in total. The minimum Gasteiger partial charge on any atom is -0.493 e. The van der Waals surface area contributed by atoms with Gasteiger partial charge in [-0.3, -0.25) is 4.79 Å². The summed E-state index contributed by atoms with van der Waals surface area (Å²) in [5, 5.41) is 6.09. The van der Waals surface area contributed by atoms with Crippen LogP contribution in [0.15, 0.2) is 87.0 Å². The molecule has 0 aliphatic rings. The summed E-state index contributed by atoms with van der Waals surface area (Å²) in [5.41, 5.74) is 4.10. The summed E-state index contributed by atoms with van der Waals surface area (Å²) in [4.78, 5) is 24.5. The number of furan rings is 1. The van der Waals surface area contributed by atoms with E-state index in [1.54, 1.807) is 24.3 Å². The molecule has 0 aliphatic heterocycles. The number of hydrogen-bond donors (Lipinski definition) is 1. The largest absolute Gasteiger partial charge is 0.493 e. The molecule has 7 nitrogen and oxygen atoms in total. The van der Waals surface area contributed by atoms with Gasteiger partial charge in [0.25, 0.3) is 0 Å². The lowest BCUT2D eigenvalue weighted by Gasteiger charge is -2.09. The third-order valence-electron chi connectivity index (χ3n) is 4.83. The van der Waals surface area contributed by atoms with Crippen molar-refractivity contribution in [2.45, 2.75) is 6.42 Å². The first-order valence-corrected chi connectivity index (χ1v) is 10.8. The maximum Gasteiger partial charge on any atom is 0.379 e. The van der Waals surface area contributed by atoms with Crippen LogP contribution in [0.25, 0.3) is 10.8 Å². The molecule has 4 aromatic rings. The third-order valence-corrected chi connectivity index (χ3v) is 5.52. The predicted octanol–water partition coefficient (Wildman–Crippen LogP) is 5.12. The van der Waals surface area contributed by atoms with Crippen molar-refractivity contribution in [3.05, 3.63) is 94.4 Å². The van der Waals surface area contributed by atoms with Crippen LogP contribution in [-0.4, -0.2) is 25.2 Å². The molecule has 4 rings (SSSR count). The van der Waals surface area contributed by atoms with Gasteiger partial charge in [-0.25, -0.2) is 10.2 Å². The summed E-state index contributed by atoms with van der Waals surface area (Å²) in [6.45, 7) is 0. The van der Waals surface area contributed by atoms with Gasteiger partial charge in [-0.15, -0.1) is 0 Å². The Morgan fingerprint density at radius 2 is 1.85 bits per heavy atom. The van der Waals surface area contributed by atoms with Crippen molar-refractivity contribution in [3.63, 3.8) is 0 Å². The Morgan fingerprint density at radius 3 is 2.61 bits per heavy atom. The summed E-state index contributed by atoms with van der Waals surface area (Å²) in [6.07, 6.45) is 3.06. The Morgan fingerprint density at radius 1 is 1.03 bits per heavy atom. The van der Waals surface area contributed by atoms with Gasteiger partial charge in [0.05, 0.1) is 26.0 Å². The molecule has 33 heavy (non-hydrogen) atoms. The van der Waals surface area contributed by atoms with Gasteiger partial charge in [-0.1, -0.05) is 46.3 Å². The zero-order valence-electron chi connectivity index (χ0n) is 17.6. The second kappa shape index (κ2) is 10.1. The van der Waals surface area contributed by atoms with Crippen LogP contribution in [0.3, 0.4) is 0 Å². The van der Waals surface area contributed by atoms with Gasteiger partial charge in [-0.05, 0) is 58.3 Å². The molecule has 0 radical (unpaired) electrons. The first-order valence-electron chi connectivity index (χ1n) is 9.97. The number of ether oxygens (including phenoxy) is 2. The fourth-order valence-electron chi connectivity index (χ4n) is 3.26. The zero-order valence-corrected chi connectivity index (χ0v) is 19.2. The molecule has 0 saturated heterocycles. The summed E-state index contributed by atoms with van der Waals surface area (Å²) in [7, 11) is 1.46. The molecule has 166 valence electrons. The molecule has 0 atom stereocenters. The number of benzene rings is 3. The fourth-order valence-corrected chi connectivity index (χ4v) is 3.74. The lowest BCUT2D eigenvalue weighted by Crippen LogP contribution is -2.19. The van der Waals surface area contributed by atoms with Crippen LogP contribution in [0.5, 0.6) is 11.5 Å². The lowest BCUT2D eigenvalue weighted by atomic mass is 10.0. The number of carbonyl (C=O) groups is 2. The average Bonchev–Trinajstić information content (AvgIpc) is 3.37. The van der Waals surface area contributed by atoms with Gasteiger partial charge < -0.3 is 13.9 Å². The number of nitrogens with zero attached hydrogens (tertiary/aromatic N) is 1. The van der Waals surface area contributed by atoms with Gasteiger partial charge in [0.15, 0.2) is 11.5 Å². The molecule has 0 spiro atoms. The topological polar surface area (TPSA) is 90.1 Å². The van der Waals surface area contributed by atoms with Crippen molar-refractivity contribution in [2.24, 2.45) is 5.10 Å². The number of rotatable bonds is 7. The molecule has 0 fully saturated rings. The van der Waals surface area contributed by atoms with Gasteiger partial charge in [0.1, 0.15) is 0 Å². The number of fused-ring (bicyclic) bond motifs is 1. The van der Waals surface area contributed by atoms with E-state index < -0.39 is 5.97 Å². The first-order chi connectivity index (χ1) is 16.0. The van der Waals surface area contributed by atoms with Crippen molar-refractivity contribution >= 4 is 44.8 Å². The molecular weight excluding hydrogens is 488 g/mol. The Bertz CT molecular complexity index is 1330. The molecule has 0 bridgehead atoms. The van der Waals surface area contributed by atoms with Gasteiger partial charge >= 0.3 is 5.97 Å². The second-order valence-electron chi connectivity index (χ2n) is 7.00. The second-order valence-corrected chi connectivity index (χ2v) is 7.85. The van der Waals surface area contributed by atoms with Crippen LogP contribution in [0.1, 0.15) is 21.7 Å². The van der Waals surface area contributed by atoms with Gasteiger partial charge in [0.2, 0.25) is 11.7 Å². The maximum absolute atomic E-state index is 12.4. The zero-order chi connectivity index (χ0) is 23.2. The quantitative estimate of drug-likeness (QED) is 0.162. The van der Waals surface area contributed by atoms with E-state index in [1.165, 1.54) is 25.7 Å². The number of hydrazone groups is 1. The summed E-state index contributed by atoms with van der Waals surface area (Å²) in [6, 6.07) is 19.8. The molecule has 1 heterocycles. The molecule has 8 heteroatoms. The predicted molar refractivity (Wildman–Crippen MR) is 128 cm³/mol. The number of methoxy groups -OCH3 is 1. The van der Waals surface area contributed by atoms with E-state index in [0.717, 1.165) is 20.8 Å². The van der Waals surface area contributed by atoms with E-state index in [9.17, 15) is 9.59 Å². The summed E-state index contributed by atoms with van der Waals surface area (Å²) in [5.74, 6) is -0.209. The van der Waals surface area contributed by atoms with E-state index in [2.05, 4.69) is 26.5 Å². The van der Waals surface area contributed by atoms with Crippen molar-refractivity contribution in [2.75, 3.05) is 7.11 Å². The average molecular weight is 507 g/mol. The van der Waals surface area contributed by atoms with E-state index in [0.29, 0.717) is 11.3 Å². The first kappa shape index (κ1) is 22.3. The molecule has 3 aromatic carbocycles. The molecule has 0 saturated carbocycles. The highest BCUT2D eigenvalue weighted by Gasteiger charge is 2.15. The number of hydrogen-bond acceptors (Lipinski definition) is 6. The van der Waals surface area contributed by atoms with Gasteiger partial charge in [-0.2, -0.15) is 5.10 Å². The SMILES string of the molecule is COc1cc(/C=N/NC(=O)Cc2ccc(Br)c3ccccc23)ccc1OC(=O)c1ccco1. The van der Waals surface area contributed by atoms with Gasteiger partial charge in [0, 0.05) is 4.47 Å². The summed E-state index contributed by atoms with van der Waals surface area (Å²) >= 11 is 3.54. The molecule has 1 amide bonds. The van der Waals surface area contributed by atoms with E-state index in [1.807, 2.05) is 36.4 Å². The standard InChI is InChI=1S/C25H19BrN2O5/c1-31-23-13-16(8-11-21(23)33-25(30)22-7-4-12-32-22)15-27-28-24(29)14-17-9-10-20(26)19-6-3-2-5-18(17)19/h2-13,15H,14H2,1H3,(H,28,29)/b27-15+. The van der Waals surface area contributed by atoms with E-state index >= 15 is 0 Å². The Hall–Kier alpha value is -3.91. The summed E-state index contributed by atoms with van der Waals surface area (Å²) < 4.78 is 16.6. The molecule has 1 aromatic heterocycles. The van der Waals surface area contributed by atoms with Crippen LogP contribution in [0.4, 0.5) is 0 Å². The number of nitrogens with one attached hydrogen (secondary N) is 1. The lowest BCUT2D eigenvalue weighted by molar-refractivity contribution is -0.120. The monoisotopic (exact) mass is 506 g/mol. The Balaban J connectivity index is 1.40. The van der Waals surface area contributed by atoms with Crippen molar-refractivity contribution < 1.29 is 23.5 Å². The number of esters is 1. The van der Waals surface area contributed by atoms with Crippen molar-refractivity contribution in [1.82, 2.24) is 5.43 Å². The molecule has 0 aliphatic carbocycles. The fraction of sp³-hybridized carbons (Fsp3) is 0.0800. The Kier molecular flexibility index (Phi) is 6.85. The number of halogens is 1. The minimum atomic E-state index is -0.632. The van der Waals surface area contributed by atoms with E-state index in [4.69, 9.17) is 13.9 Å². The third kappa shape index (κ3) is 5.30. The highest BCUT2D eigenvalue weighted by atomic mass is 79.9. The number of amides is 1. The number of carbonyl (C=O) groups excluding carboxylic acids is 2. The Labute approximate surface area is 198 Å². The van der Waals surface area contributed by atoms with Crippen LogP contribution >= 0.6 is 15.9 Å².